The molecule has 4 bridgehead atoms. The minimum absolute atomic E-state index is 0.169. The van der Waals surface area contributed by atoms with Gasteiger partial charge in [-0.15, -0.1) is 0 Å². The number of aryl methyl sites for hydroxylation is 1. The summed E-state index contributed by atoms with van der Waals surface area (Å²) in [6.45, 7) is -0.480. The molecule has 4 heterocycles. The van der Waals surface area contributed by atoms with Crippen LogP contribution in [0.3, 0.4) is 0 Å². The van der Waals surface area contributed by atoms with Crippen molar-refractivity contribution >= 4 is 21.8 Å². The zero-order chi connectivity index (χ0) is 30.2. The lowest BCUT2D eigenvalue weighted by atomic mass is 10.1. The molecule has 42 heavy (non-hydrogen) atoms. The van der Waals surface area contributed by atoms with Crippen LogP contribution >= 0.6 is 0 Å². The summed E-state index contributed by atoms with van der Waals surface area (Å²) in [5.74, 6) is -0.0394. The molecule has 14 nitrogen and oxygen atoms in total. The SMILES string of the molecule is COc1ccc2cc1OCC(=O)NCc1ccc(cc1)O[C@H]1CN(S(=O)(=O)c3cn(C)c(=O)n(C)c3=O)C[C@@H]1NC2=O. The first kappa shape index (κ1) is 28.9. The summed E-state index contributed by atoms with van der Waals surface area (Å²) in [6, 6.07) is 10.4. The number of carbonyl (C=O) groups is 2. The van der Waals surface area contributed by atoms with E-state index in [1.807, 2.05) is 0 Å². The van der Waals surface area contributed by atoms with Gasteiger partial charge in [0.25, 0.3) is 17.4 Å². The molecule has 222 valence electrons. The van der Waals surface area contributed by atoms with Gasteiger partial charge >= 0.3 is 5.69 Å². The molecule has 0 radical (unpaired) electrons. The van der Waals surface area contributed by atoms with Crippen LogP contribution in [0.25, 0.3) is 0 Å². The molecule has 6 rings (SSSR count). The van der Waals surface area contributed by atoms with Crippen LogP contribution in [0.15, 0.2) is 63.1 Å². The van der Waals surface area contributed by atoms with E-state index in [9.17, 15) is 27.6 Å². The number of aromatic nitrogens is 2. The van der Waals surface area contributed by atoms with Gasteiger partial charge in [0.05, 0.1) is 19.7 Å². The quantitative estimate of drug-likeness (QED) is 0.398. The first-order chi connectivity index (χ1) is 20.0. The summed E-state index contributed by atoms with van der Waals surface area (Å²) >= 11 is 0. The second-order valence-corrected chi connectivity index (χ2v) is 11.8. The molecule has 2 amide bonds. The number of hydrogen-bond donors (Lipinski definition) is 2. The minimum Gasteiger partial charge on any atom is -0.493 e. The molecule has 3 aromatic rings. The average molecular weight is 600 g/mol. The summed E-state index contributed by atoms with van der Waals surface area (Å²) in [5, 5.41) is 5.59. The van der Waals surface area contributed by atoms with E-state index >= 15 is 0 Å². The van der Waals surface area contributed by atoms with Crippen LogP contribution in [0.2, 0.25) is 0 Å². The van der Waals surface area contributed by atoms with Crippen LogP contribution in [-0.2, 0) is 35.5 Å². The van der Waals surface area contributed by atoms with E-state index in [0.29, 0.717) is 11.5 Å². The lowest BCUT2D eigenvalue weighted by Gasteiger charge is -2.21. The van der Waals surface area contributed by atoms with Crippen molar-refractivity contribution in [2.45, 2.75) is 23.6 Å². The van der Waals surface area contributed by atoms with Gasteiger partial charge in [-0.05, 0) is 35.9 Å². The van der Waals surface area contributed by atoms with Crippen molar-refractivity contribution < 1.29 is 32.2 Å². The highest BCUT2D eigenvalue weighted by Crippen LogP contribution is 2.29. The van der Waals surface area contributed by atoms with Crippen molar-refractivity contribution in [1.29, 1.82) is 0 Å². The molecule has 1 saturated heterocycles. The number of carbonyl (C=O) groups excluding carboxylic acids is 2. The third-order valence-electron chi connectivity index (χ3n) is 7.07. The summed E-state index contributed by atoms with van der Waals surface area (Å²) in [7, 11) is -0.418. The van der Waals surface area contributed by atoms with Gasteiger partial charge in [0, 0.05) is 38.9 Å². The topological polar surface area (TPSA) is 167 Å². The Labute approximate surface area is 240 Å². The first-order valence-corrected chi connectivity index (χ1v) is 14.3. The van der Waals surface area contributed by atoms with E-state index in [-0.39, 0.29) is 43.5 Å². The van der Waals surface area contributed by atoms with Crippen LogP contribution in [-0.4, -0.2) is 72.6 Å². The van der Waals surface area contributed by atoms with Gasteiger partial charge in [0.1, 0.15) is 11.9 Å². The molecule has 15 heteroatoms. The monoisotopic (exact) mass is 599 g/mol. The van der Waals surface area contributed by atoms with Crippen molar-refractivity contribution in [3.63, 3.8) is 0 Å². The number of hydrogen-bond acceptors (Lipinski definition) is 9. The fourth-order valence-corrected chi connectivity index (χ4v) is 6.35. The number of fused-ring (bicyclic) bond motifs is 7. The van der Waals surface area contributed by atoms with E-state index in [4.69, 9.17) is 14.2 Å². The van der Waals surface area contributed by atoms with Crippen LogP contribution in [0.1, 0.15) is 15.9 Å². The highest BCUT2D eigenvalue weighted by Gasteiger charge is 2.43. The Morgan fingerprint density at radius 1 is 1.00 bits per heavy atom. The minimum atomic E-state index is -4.39. The second kappa shape index (κ2) is 11.3. The molecule has 0 spiro atoms. The van der Waals surface area contributed by atoms with E-state index in [1.54, 1.807) is 24.3 Å². The molecular weight excluding hydrogens is 570 g/mol. The third-order valence-corrected chi connectivity index (χ3v) is 8.88. The zero-order valence-electron chi connectivity index (χ0n) is 23.0. The van der Waals surface area contributed by atoms with Crippen LogP contribution in [0.5, 0.6) is 17.2 Å². The second-order valence-electron chi connectivity index (χ2n) is 9.88. The Morgan fingerprint density at radius 3 is 2.45 bits per heavy atom. The predicted molar refractivity (Wildman–Crippen MR) is 148 cm³/mol. The molecule has 1 fully saturated rings. The highest BCUT2D eigenvalue weighted by molar-refractivity contribution is 7.89. The van der Waals surface area contributed by atoms with Gasteiger partial charge in [0.2, 0.25) is 10.0 Å². The molecule has 3 aliphatic heterocycles. The Hall–Kier alpha value is -4.63. The number of benzene rings is 2. The normalized spacial score (nSPS) is 19.6. The number of methoxy groups -OCH3 is 1. The van der Waals surface area contributed by atoms with Gasteiger partial charge in [0.15, 0.2) is 23.0 Å². The number of ether oxygens (including phenoxy) is 3. The van der Waals surface area contributed by atoms with Crippen molar-refractivity contribution in [2.75, 3.05) is 26.8 Å². The summed E-state index contributed by atoms with van der Waals surface area (Å²) < 4.78 is 47.1. The molecule has 2 atom stereocenters. The first-order valence-electron chi connectivity index (χ1n) is 12.9. The maximum Gasteiger partial charge on any atom is 0.330 e. The van der Waals surface area contributed by atoms with Gasteiger partial charge in [-0.3, -0.25) is 19.0 Å². The molecule has 2 N–H and O–H groups in total. The summed E-state index contributed by atoms with van der Waals surface area (Å²) in [5.41, 5.74) is -0.674. The standard InChI is InChI=1S/C27H29N5O9S/c1-30-14-23(26(35)31(2)27(30)36)42(37,38)32-12-19-22(13-32)41-18-7-4-16(5-8-18)11-28-24(33)15-40-21-10-17(25(34)29-19)6-9-20(21)39-3/h4-10,14,19,22H,11-13,15H2,1-3H3,(H,28,33)(H,29,34)/t19-,22-/m0/s1. The largest absolute Gasteiger partial charge is 0.493 e. The molecule has 0 unspecified atom stereocenters. The Balaban J connectivity index is 1.51. The van der Waals surface area contributed by atoms with E-state index < -0.39 is 44.2 Å². The van der Waals surface area contributed by atoms with Crippen LogP contribution < -0.4 is 36.1 Å². The molecular formula is C27H29N5O9S. The van der Waals surface area contributed by atoms with Gasteiger partial charge in [-0.2, -0.15) is 4.31 Å². The highest BCUT2D eigenvalue weighted by atomic mass is 32.2. The third kappa shape index (κ3) is 5.60. The molecule has 0 aliphatic carbocycles. The molecule has 3 aliphatic rings. The molecule has 2 aromatic carbocycles. The average Bonchev–Trinajstić information content (AvgIpc) is 3.38. The van der Waals surface area contributed by atoms with E-state index in [1.165, 1.54) is 39.4 Å². The number of rotatable bonds is 3. The fourth-order valence-electron chi connectivity index (χ4n) is 4.72. The fraction of sp³-hybridized carbons (Fsp3) is 0.333. The van der Waals surface area contributed by atoms with Gasteiger partial charge in [-0.1, -0.05) is 12.1 Å². The van der Waals surface area contributed by atoms with Crippen molar-refractivity contribution in [3.05, 3.63) is 80.6 Å². The maximum absolute atomic E-state index is 13.6. The number of nitrogens with one attached hydrogen (secondary N) is 2. The van der Waals surface area contributed by atoms with Crippen molar-refractivity contribution in [3.8, 4) is 17.2 Å². The zero-order valence-corrected chi connectivity index (χ0v) is 23.8. The van der Waals surface area contributed by atoms with E-state index in [2.05, 4.69) is 10.6 Å². The Bertz CT molecular complexity index is 1770. The number of nitrogens with zero attached hydrogens (tertiary/aromatic N) is 3. The van der Waals surface area contributed by atoms with Gasteiger partial charge < -0.3 is 29.4 Å². The summed E-state index contributed by atoms with van der Waals surface area (Å²) in [6.07, 6.45) is 0.151. The molecule has 0 saturated carbocycles. The van der Waals surface area contributed by atoms with Crippen molar-refractivity contribution in [1.82, 2.24) is 24.1 Å². The van der Waals surface area contributed by atoms with Crippen molar-refractivity contribution in [2.24, 2.45) is 14.1 Å². The van der Waals surface area contributed by atoms with Crippen LogP contribution in [0, 0.1) is 0 Å². The number of sulfonamides is 1. The predicted octanol–water partition coefficient (Wildman–Crippen LogP) is -0.648. The smallest absolute Gasteiger partial charge is 0.330 e. The lowest BCUT2D eigenvalue weighted by molar-refractivity contribution is -0.123. The van der Waals surface area contributed by atoms with Gasteiger partial charge in [-0.25, -0.2) is 13.2 Å². The Morgan fingerprint density at radius 2 is 1.74 bits per heavy atom. The Kier molecular flexibility index (Phi) is 7.79. The summed E-state index contributed by atoms with van der Waals surface area (Å²) in [4.78, 5) is 50.0. The lowest BCUT2D eigenvalue weighted by Crippen LogP contribution is -2.45. The number of amides is 2. The molecule has 1 aromatic heterocycles. The van der Waals surface area contributed by atoms with E-state index in [0.717, 1.165) is 25.2 Å². The van der Waals surface area contributed by atoms with Crippen LogP contribution in [0.4, 0.5) is 0 Å². The maximum atomic E-state index is 13.6.